The Hall–Kier alpha value is -1.36. The number of ketones is 1. The highest BCUT2D eigenvalue weighted by Gasteiger charge is 2.21. The highest BCUT2D eigenvalue weighted by atomic mass is 35.5. The van der Waals surface area contributed by atoms with Crippen LogP contribution >= 0.6 is 11.6 Å². The van der Waals surface area contributed by atoms with Gasteiger partial charge in [0.25, 0.3) is 0 Å². The quantitative estimate of drug-likeness (QED) is 0.767. The van der Waals surface area contributed by atoms with Gasteiger partial charge in [0.15, 0.2) is 10.9 Å². The summed E-state index contributed by atoms with van der Waals surface area (Å²) >= 11 is 6.07. The Morgan fingerprint density at radius 1 is 1.47 bits per heavy atom. The second-order valence-corrected chi connectivity index (χ2v) is 4.36. The van der Waals surface area contributed by atoms with E-state index >= 15 is 0 Å². The Balaban J connectivity index is 2.23. The van der Waals surface area contributed by atoms with E-state index in [1.54, 1.807) is 0 Å². The second-order valence-electron chi connectivity index (χ2n) is 4.00. The van der Waals surface area contributed by atoms with Gasteiger partial charge in [-0.15, -0.1) is 0 Å². The molecule has 0 aromatic carbocycles. The molecule has 0 N–H and O–H groups in total. The van der Waals surface area contributed by atoms with E-state index < -0.39 is 0 Å². The zero-order valence-corrected chi connectivity index (χ0v) is 10.4. The molecule has 0 spiro atoms. The van der Waals surface area contributed by atoms with Crippen LogP contribution in [0.2, 0.25) is 5.15 Å². The van der Waals surface area contributed by atoms with E-state index in [0.717, 1.165) is 25.9 Å². The molecule has 1 saturated heterocycles. The van der Waals surface area contributed by atoms with Crippen LogP contribution in [-0.2, 0) is 4.79 Å². The molecular weight excluding hydrogens is 242 g/mol. The van der Waals surface area contributed by atoms with Gasteiger partial charge in [-0.25, -0.2) is 4.98 Å². The van der Waals surface area contributed by atoms with Crippen LogP contribution in [0.3, 0.4) is 0 Å². The molecule has 1 aliphatic rings. The molecule has 0 radical (unpaired) electrons. The number of carbonyl (C=O) groups excluding carboxylic acids is 1. The second kappa shape index (κ2) is 5.31. The largest absolute Gasteiger partial charge is 0.468 e. The van der Waals surface area contributed by atoms with Gasteiger partial charge in [0.05, 0.1) is 0 Å². The summed E-state index contributed by atoms with van der Waals surface area (Å²) in [6, 6.07) is 0. The molecule has 1 aliphatic heterocycles. The van der Waals surface area contributed by atoms with Gasteiger partial charge < -0.3 is 9.64 Å². The van der Waals surface area contributed by atoms with Crippen molar-refractivity contribution in [1.29, 1.82) is 0 Å². The SMILES string of the molecule is CC(=O)COc1ncnc(Cl)c1N1CCCC1. The maximum absolute atomic E-state index is 10.9. The Morgan fingerprint density at radius 3 is 2.82 bits per heavy atom. The zero-order chi connectivity index (χ0) is 12.3. The van der Waals surface area contributed by atoms with E-state index in [0.29, 0.717) is 16.7 Å². The lowest BCUT2D eigenvalue weighted by atomic mass is 10.4. The molecule has 0 amide bonds. The maximum Gasteiger partial charge on any atom is 0.242 e. The van der Waals surface area contributed by atoms with E-state index in [2.05, 4.69) is 14.9 Å². The van der Waals surface area contributed by atoms with E-state index in [1.165, 1.54) is 13.3 Å². The third kappa shape index (κ3) is 2.85. The fourth-order valence-corrected chi connectivity index (χ4v) is 2.07. The van der Waals surface area contributed by atoms with Crippen molar-refractivity contribution in [2.45, 2.75) is 19.8 Å². The minimum Gasteiger partial charge on any atom is -0.468 e. The summed E-state index contributed by atoms with van der Waals surface area (Å²) in [7, 11) is 0. The van der Waals surface area contributed by atoms with Crippen LogP contribution in [0.4, 0.5) is 5.69 Å². The Labute approximate surface area is 105 Å². The van der Waals surface area contributed by atoms with Crippen molar-refractivity contribution in [3.63, 3.8) is 0 Å². The Kier molecular flexibility index (Phi) is 3.78. The summed E-state index contributed by atoms with van der Waals surface area (Å²) in [5.74, 6) is 0.342. The van der Waals surface area contributed by atoms with Crippen molar-refractivity contribution < 1.29 is 9.53 Å². The van der Waals surface area contributed by atoms with Gasteiger partial charge in [-0.2, -0.15) is 4.98 Å². The van der Waals surface area contributed by atoms with Crippen LogP contribution in [0.25, 0.3) is 0 Å². The molecule has 0 unspecified atom stereocenters. The molecule has 1 aromatic heterocycles. The van der Waals surface area contributed by atoms with Gasteiger partial charge in [-0.3, -0.25) is 4.79 Å². The topological polar surface area (TPSA) is 55.3 Å². The first kappa shape index (κ1) is 12.1. The molecule has 0 saturated carbocycles. The van der Waals surface area contributed by atoms with Gasteiger partial charge in [0, 0.05) is 13.1 Å². The summed E-state index contributed by atoms with van der Waals surface area (Å²) in [6.45, 7) is 3.32. The molecule has 0 aliphatic carbocycles. The zero-order valence-electron chi connectivity index (χ0n) is 9.65. The Morgan fingerprint density at radius 2 is 2.18 bits per heavy atom. The smallest absolute Gasteiger partial charge is 0.242 e. The van der Waals surface area contributed by atoms with Gasteiger partial charge in [-0.1, -0.05) is 11.6 Å². The lowest BCUT2D eigenvalue weighted by molar-refractivity contribution is -0.118. The van der Waals surface area contributed by atoms with Gasteiger partial charge in [0.1, 0.15) is 18.6 Å². The fourth-order valence-electron chi connectivity index (χ4n) is 1.82. The van der Waals surface area contributed by atoms with E-state index in [-0.39, 0.29) is 12.4 Å². The fraction of sp³-hybridized carbons (Fsp3) is 0.545. The van der Waals surface area contributed by atoms with Crippen LogP contribution in [0, 0.1) is 0 Å². The molecule has 1 aromatic rings. The third-order valence-corrected chi connectivity index (χ3v) is 2.86. The van der Waals surface area contributed by atoms with Gasteiger partial charge in [-0.05, 0) is 19.8 Å². The molecule has 2 heterocycles. The highest BCUT2D eigenvalue weighted by molar-refractivity contribution is 6.32. The van der Waals surface area contributed by atoms with Crippen molar-refractivity contribution in [2.75, 3.05) is 24.6 Å². The van der Waals surface area contributed by atoms with Crippen LogP contribution < -0.4 is 9.64 Å². The number of rotatable bonds is 4. The molecule has 6 heteroatoms. The molecule has 2 rings (SSSR count). The first-order valence-electron chi connectivity index (χ1n) is 5.56. The van der Waals surface area contributed by atoms with Crippen LogP contribution in [0.15, 0.2) is 6.33 Å². The monoisotopic (exact) mass is 255 g/mol. The molecule has 0 bridgehead atoms. The lowest BCUT2D eigenvalue weighted by Gasteiger charge is -2.20. The summed E-state index contributed by atoms with van der Waals surface area (Å²) in [5.41, 5.74) is 0.702. The molecule has 0 atom stereocenters. The summed E-state index contributed by atoms with van der Waals surface area (Å²) in [6.07, 6.45) is 3.59. The van der Waals surface area contributed by atoms with Crippen molar-refractivity contribution in [3.05, 3.63) is 11.5 Å². The standard InChI is InChI=1S/C11H14ClN3O2/c1-8(16)6-17-11-9(10(12)13-7-14-11)15-4-2-3-5-15/h7H,2-6H2,1H3. The van der Waals surface area contributed by atoms with E-state index in [4.69, 9.17) is 16.3 Å². The predicted octanol–water partition coefficient (Wildman–Crippen LogP) is 1.70. The molecule has 1 fully saturated rings. The van der Waals surface area contributed by atoms with Crippen LogP contribution in [0.1, 0.15) is 19.8 Å². The first-order chi connectivity index (χ1) is 8.18. The molecule has 17 heavy (non-hydrogen) atoms. The van der Waals surface area contributed by atoms with Gasteiger partial charge >= 0.3 is 0 Å². The number of nitrogens with zero attached hydrogens (tertiary/aromatic N) is 3. The van der Waals surface area contributed by atoms with Crippen molar-refractivity contribution >= 4 is 23.1 Å². The number of ether oxygens (including phenoxy) is 1. The summed E-state index contributed by atoms with van der Waals surface area (Å²) < 4.78 is 5.37. The highest BCUT2D eigenvalue weighted by Crippen LogP contribution is 2.34. The summed E-state index contributed by atoms with van der Waals surface area (Å²) in [4.78, 5) is 21.0. The average Bonchev–Trinajstić information content (AvgIpc) is 2.79. The number of aromatic nitrogens is 2. The molecule has 5 nitrogen and oxygen atoms in total. The van der Waals surface area contributed by atoms with Gasteiger partial charge in [0.2, 0.25) is 5.88 Å². The first-order valence-corrected chi connectivity index (χ1v) is 5.94. The number of Topliss-reactive ketones (excluding diaryl/α,β-unsaturated/α-hetero) is 1. The molecular formula is C11H14ClN3O2. The third-order valence-electron chi connectivity index (χ3n) is 2.58. The van der Waals surface area contributed by atoms with Crippen LogP contribution in [0.5, 0.6) is 5.88 Å². The number of hydrogen-bond acceptors (Lipinski definition) is 5. The van der Waals surface area contributed by atoms with E-state index in [9.17, 15) is 4.79 Å². The number of anilines is 1. The van der Waals surface area contributed by atoms with Crippen LogP contribution in [-0.4, -0.2) is 35.4 Å². The predicted molar refractivity (Wildman–Crippen MR) is 64.7 cm³/mol. The van der Waals surface area contributed by atoms with E-state index in [1.807, 2.05) is 0 Å². The number of hydrogen-bond donors (Lipinski definition) is 0. The molecule has 92 valence electrons. The maximum atomic E-state index is 10.9. The number of carbonyl (C=O) groups is 1. The summed E-state index contributed by atoms with van der Waals surface area (Å²) in [5, 5.41) is 0.375. The van der Waals surface area contributed by atoms with Crippen molar-refractivity contribution in [3.8, 4) is 5.88 Å². The minimum absolute atomic E-state index is 0.00812. The Bertz CT molecular complexity index is 419. The van der Waals surface area contributed by atoms with Crippen molar-refractivity contribution in [1.82, 2.24) is 9.97 Å². The normalized spacial score (nSPS) is 15.1. The minimum atomic E-state index is -0.0490. The number of halogens is 1. The average molecular weight is 256 g/mol. The van der Waals surface area contributed by atoms with Crippen molar-refractivity contribution in [2.24, 2.45) is 0 Å². The lowest BCUT2D eigenvalue weighted by Crippen LogP contribution is -2.21.